The maximum atomic E-state index is 12.6. The second-order valence-electron chi connectivity index (χ2n) is 7.14. The van der Waals surface area contributed by atoms with E-state index in [9.17, 15) is 8.42 Å². The van der Waals surface area contributed by atoms with Crippen LogP contribution in [0.3, 0.4) is 0 Å². The molecule has 4 heteroatoms. The number of benzene rings is 3. The normalized spacial score (nSPS) is 11.6. The van der Waals surface area contributed by atoms with E-state index >= 15 is 0 Å². The zero-order valence-corrected chi connectivity index (χ0v) is 16.7. The van der Waals surface area contributed by atoms with Gasteiger partial charge in [-0.15, -0.1) is 0 Å². The fourth-order valence-electron chi connectivity index (χ4n) is 2.94. The molecule has 0 aliphatic carbocycles. The molecule has 0 aliphatic heterocycles. The van der Waals surface area contributed by atoms with E-state index in [4.69, 9.17) is 4.18 Å². The first-order valence-corrected chi connectivity index (χ1v) is 10.5. The molecule has 140 valence electrons. The molecular formula is C23H24O3S. The summed E-state index contributed by atoms with van der Waals surface area (Å²) in [6.07, 6.45) is 1.01. The second kappa shape index (κ2) is 7.97. The summed E-state index contributed by atoms with van der Waals surface area (Å²) in [5, 5.41) is 0. The van der Waals surface area contributed by atoms with Gasteiger partial charge in [-0.3, -0.25) is 0 Å². The molecule has 0 unspecified atom stereocenters. The molecule has 0 radical (unpaired) electrons. The first kappa shape index (κ1) is 19.2. The number of para-hydroxylation sites is 1. The number of rotatable bonds is 6. The average molecular weight is 381 g/mol. The van der Waals surface area contributed by atoms with Crippen LogP contribution >= 0.6 is 0 Å². The van der Waals surface area contributed by atoms with Crippen LogP contribution in [0.25, 0.3) is 11.1 Å². The minimum absolute atomic E-state index is 0.148. The van der Waals surface area contributed by atoms with Crippen LogP contribution in [0, 0.1) is 12.8 Å². The zero-order valence-electron chi connectivity index (χ0n) is 15.8. The third-order valence-corrected chi connectivity index (χ3v) is 5.55. The van der Waals surface area contributed by atoms with Gasteiger partial charge in [0.15, 0.2) is 5.75 Å². The van der Waals surface area contributed by atoms with Crippen molar-refractivity contribution in [3.05, 3.63) is 83.9 Å². The number of hydrogen-bond acceptors (Lipinski definition) is 3. The van der Waals surface area contributed by atoms with Gasteiger partial charge in [-0.2, -0.15) is 8.42 Å². The predicted molar refractivity (Wildman–Crippen MR) is 109 cm³/mol. The van der Waals surface area contributed by atoms with Crippen molar-refractivity contribution in [3.63, 3.8) is 0 Å². The first-order chi connectivity index (χ1) is 12.8. The smallest absolute Gasteiger partial charge is 0.339 e. The highest BCUT2D eigenvalue weighted by Gasteiger charge is 2.18. The van der Waals surface area contributed by atoms with Crippen LogP contribution in [0.15, 0.2) is 77.7 Å². The highest BCUT2D eigenvalue weighted by Crippen LogP contribution is 2.32. The van der Waals surface area contributed by atoms with Gasteiger partial charge < -0.3 is 4.18 Å². The van der Waals surface area contributed by atoms with Crippen LogP contribution in [-0.4, -0.2) is 8.42 Å². The van der Waals surface area contributed by atoms with E-state index in [0.717, 1.165) is 23.1 Å². The lowest BCUT2D eigenvalue weighted by Gasteiger charge is -2.12. The summed E-state index contributed by atoms with van der Waals surface area (Å²) in [6, 6.07) is 22.0. The van der Waals surface area contributed by atoms with E-state index in [1.54, 1.807) is 36.4 Å². The van der Waals surface area contributed by atoms with Crippen LogP contribution in [0.2, 0.25) is 0 Å². The van der Waals surface area contributed by atoms with Crippen LogP contribution in [-0.2, 0) is 16.5 Å². The molecule has 0 amide bonds. The van der Waals surface area contributed by atoms with Crippen molar-refractivity contribution < 1.29 is 12.6 Å². The van der Waals surface area contributed by atoms with Gasteiger partial charge in [0.1, 0.15) is 4.90 Å². The Kier molecular flexibility index (Phi) is 5.66. The average Bonchev–Trinajstić information content (AvgIpc) is 2.62. The summed E-state index contributed by atoms with van der Waals surface area (Å²) in [5.74, 6) is 0.917. The van der Waals surface area contributed by atoms with Crippen LogP contribution in [0.1, 0.15) is 25.0 Å². The van der Waals surface area contributed by atoms with Gasteiger partial charge in [-0.05, 0) is 48.6 Å². The van der Waals surface area contributed by atoms with Crippen molar-refractivity contribution >= 4 is 10.1 Å². The zero-order chi connectivity index (χ0) is 19.4. The molecule has 0 aromatic heterocycles. The summed E-state index contributed by atoms with van der Waals surface area (Å²) in [6.45, 7) is 6.29. The Morgan fingerprint density at radius 2 is 1.48 bits per heavy atom. The molecule has 0 fully saturated rings. The molecule has 0 spiro atoms. The van der Waals surface area contributed by atoms with E-state index in [1.807, 2.05) is 31.2 Å². The molecule has 0 saturated heterocycles. The van der Waals surface area contributed by atoms with E-state index in [-0.39, 0.29) is 4.90 Å². The fraction of sp³-hybridized carbons (Fsp3) is 0.217. The molecule has 3 aromatic rings. The quantitative estimate of drug-likeness (QED) is 0.521. The van der Waals surface area contributed by atoms with Gasteiger partial charge in [0.05, 0.1) is 0 Å². The van der Waals surface area contributed by atoms with E-state index < -0.39 is 10.1 Å². The molecule has 0 atom stereocenters. The summed E-state index contributed by atoms with van der Waals surface area (Å²) >= 11 is 0. The third-order valence-electron chi connectivity index (χ3n) is 4.31. The lowest BCUT2D eigenvalue weighted by molar-refractivity contribution is 0.487. The van der Waals surface area contributed by atoms with Crippen molar-refractivity contribution in [2.45, 2.75) is 32.1 Å². The van der Waals surface area contributed by atoms with Crippen molar-refractivity contribution in [3.8, 4) is 16.9 Å². The molecular weight excluding hydrogens is 356 g/mol. The van der Waals surface area contributed by atoms with Crippen molar-refractivity contribution in [1.29, 1.82) is 0 Å². The minimum Gasteiger partial charge on any atom is -0.378 e. The fourth-order valence-corrected chi connectivity index (χ4v) is 3.89. The Morgan fingerprint density at radius 1 is 0.852 bits per heavy atom. The molecule has 3 rings (SSSR count). The molecule has 3 aromatic carbocycles. The topological polar surface area (TPSA) is 43.4 Å². The number of aryl methyl sites for hydroxylation is 1. The maximum absolute atomic E-state index is 12.6. The molecule has 0 bridgehead atoms. The first-order valence-electron chi connectivity index (χ1n) is 9.04. The lowest BCUT2D eigenvalue weighted by Crippen LogP contribution is -2.10. The molecule has 0 aliphatic rings. The summed E-state index contributed by atoms with van der Waals surface area (Å²) < 4.78 is 30.8. The van der Waals surface area contributed by atoms with Gasteiger partial charge in [0.25, 0.3) is 0 Å². The molecule has 0 N–H and O–H groups in total. The highest BCUT2D eigenvalue weighted by atomic mass is 32.2. The SMILES string of the molecule is Cc1ccc(S(=O)(=O)Oc2ccccc2-c2ccc(CC(C)C)cc2)cc1. The van der Waals surface area contributed by atoms with Gasteiger partial charge >= 0.3 is 10.1 Å². The van der Waals surface area contributed by atoms with E-state index in [0.29, 0.717) is 11.7 Å². The third kappa shape index (κ3) is 4.77. The lowest BCUT2D eigenvalue weighted by atomic mass is 9.99. The van der Waals surface area contributed by atoms with Crippen molar-refractivity contribution in [2.75, 3.05) is 0 Å². The summed E-state index contributed by atoms with van der Waals surface area (Å²) in [4.78, 5) is 0.148. The predicted octanol–water partition coefficient (Wildman–Crippen LogP) is 5.63. The standard InChI is InChI=1S/C23H24O3S/c1-17(2)16-19-10-12-20(13-11-19)22-6-4-5-7-23(22)26-27(24,25)21-14-8-18(3)9-15-21/h4-15,17H,16H2,1-3H3. The summed E-state index contributed by atoms with van der Waals surface area (Å²) in [5.41, 5.74) is 3.94. The van der Waals surface area contributed by atoms with E-state index in [1.165, 1.54) is 5.56 Å². The molecule has 27 heavy (non-hydrogen) atoms. The molecule has 0 saturated carbocycles. The van der Waals surface area contributed by atoms with Crippen LogP contribution < -0.4 is 4.18 Å². The Hall–Kier alpha value is -2.59. The Bertz CT molecular complexity index is 1000. The van der Waals surface area contributed by atoms with Crippen LogP contribution in [0.5, 0.6) is 5.75 Å². The van der Waals surface area contributed by atoms with Crippen LogP contribution in [0.4, 0.5) is 0 Å². The van der Waals surface area contributed by atoms with Gasteiger partial charge in [0.2, 0.25) is 0 Å². The minimum atomic E-state index is -3.88. The second-order valence-corrected chi connectivity index (χ2v) is 8.69. The Labute approximate surface area is 161 Å². The summed E-state index contributed by atoms with van der Waals surface area (Å²) in [7, 11) is -3.88. The Balaban J connectivity index is 1.91. The van der Waals surface area contributed by atoms with Gasteiger partial charge in [0, 0.05) is 5.56 Å². The number of hydrogen-bond donors (Lipinski definition) is 0. The Morgan fingerprint density at radius 3 is 2.11 bits per heavy atom. The van der Waals surface area contributed by atoms with Crippen molar-refractivity contribution in [1.82, 2.24) is 0 Å². The molecule has 3 nitrogen and oxygen atoms in total. The van der Waals surface area contributed by atoms with Gasteiger partial charge in [-0.1, -0.05) is 74.0 Å². The molecule has 0 heterocycles. The van der Waals surface area contributed by atoms with Gasteiger partial charge in [-0.25, -0.2) is 0 Å². The monoisotopic (exact) mass is 380 g/mol. The largest absolute Gasteiger partial charge is 0.378 e. The maximum Gasteiger partial charge on any atom is 0.339 e. The van der Waals surface area contributed by atoms with Crippen molar-refractivity contribution in [2.24, 2.45) is 5.92 Å². The highest BCUT2D eigenvalue weighted by molar-refractivity contribution is 7.87. The van der Waals surface area contributed by atoms with E-state index in [2.05, 4.69) is 26.0 Å².